The van der Waals surface area contributed by atoms with Crippen LogP contribution in [0.2, 0.25) is 0 Å². The molecular formula is C18H23N3O2S. The van der Waals surface area contributed by atoms with Crippen molar-refractivity contribution in [2.75, 3.05) is 20.2 Å². The fourth-order valence-electron chi connectivity index (χ4n) is 3.00. The van der Waals surface area contributed by atoms with Crippen LogP contribution >= 0.6 is 11.3 Å². The molecule has 3 rings (SSSR count). The first-order valence-electron chi connectivity index (χ1n) is 8.33. The maximum Gasteiger partial charge on any atom is 0.259 e. The summed E-state index contributed by atoms with van der Waals surface area (Å²) < 4.78 is 5.23. The second kappa shape index (κ2) is 7.30. The van der Waals surface area contributed by atoms with E-state index in [1.807, 2.05) is 4.90 Å². The molecule has 1 fully saturated rings. The number of carbonyl (C=O) groups is 1. The molecule has 128 valence electrons. The highest BCUT2D eigenvalue weighted by Gasteiger charge is 2.29. The van der Waals surface area contributed by atoms with Crippen LogP contribution in [-0.2, 0) is 0 Å². The summed E-state index contributed by atoms with van der Waals surface area (Å²) in [6.45, 7) is 5.80. The summed E-state index contributed by atoms with van der Waals surface area (Å²) in [7, 11) is 1.54. The molecule has 2 aromatic heterocycles. The Morgan fingerprint density at radius 3 is 3.00 bits per heavy atom. The molecule has 0 saturated carbocycles. The molecule has 1 atom stereocenters. The minimum absolute atomic E-state index is 0.00899. The number of hydrogen-bond donors (Lipinski definition) is 0. The van der Waals surface area contributed by atoms with E-state index in [2.05, 4.69) is 24.2 Å². The van der Waals surface area contributed by atoms with Crippen LogP contribution in [0.1, 0.15) is 59.6 Å². The number of aromatic nitrogens is 2. The zero-order valence-electron chi connectivity index (χ0n) is 14.4. The summed E-state index contributed by atoms with van der Waals surface area (Å²) >= 11 is 1.72. The van der Waals surface area contributed by atoms with Crippen LogP contribution in [-0.4, -0.2) is 41.0 Å². The van der Waals surface area contributed by atoms with E-state index in [-0.39, 0.29) is 5.91 Å². The molecule has 1 unspecified atom stereocenters. The number of ether oxygens (including phenoxy) is 1. The molecule has 0 radical (unpaired) electrons. The summed E-state index contributed by atoms with van der Waals surface area (Å²) in [5, 5.41) is 3.29. The first kappa shape index (κ1) is 16.9. The normalized spacial score (nSPS) is 18.0. The fraction of sp³-hybridized carbons (Fsp3) is 0.500. The Bertz CT molecular complexity index is 714. The Morgan fingerprint density at radius 2 is 2.29 bits per heavy atom. The van der Waals surface area contributed by atoms with Crippen molar-refractivity contribution in [3.63, 3.8) is 0 Å². The first-order chi connectivity index (χ1) is 11.6. The molecule has 0 bridgehead atoms. The Labute approximate surface area is 146 Å². The number of amides is 1. The van der Waals surface area contributed by atoms with Gasteiger partial charge in [0, 0.05) is 30.6 Å². The van der Waals surface area contributed by atoms with E-state index < -0.39 is 0 Å². The van der Waals surface area contributed by atoms with Crippen molar-refractivity contribution in [2.45, 2.75) is 38.5 Å². The van der Waals surface area contributed by atoms with Gasteiger partial charge in [0.25, 0.3) is 5.91 Å². The molecular weight excluding hydrogens is 322 g/mol. The fourth-order valence-corrected chi connectivity index (χ4v) is 4.11. The van der Waals surface area contributed by atoms with E-state index >= 15 is 0 Å². The molecule has 5 nitrogen and oxygen atoms in total. The van der Waals surface area contributed by atoms with E-state index in [0.29, 0.717) is 29.8 Å². The van der Waals surface area contributed by atoms with Gasteiger partial charge in [-0.25, -0.2) is 9.97 Å². The number of likely N-dealkylation sites (tertiary alicyclic amines) is 1. The summed E-state index contributed by atoms with van der Waals surface area (Å²) in [6.07, 6.45) is 3.71. The quantitative estimate of drug-likeness (QED) is 0.848. The number of carbonyl (C=O) groups excluding carboxylic acids is 1. The second-order valence-electron chi connectivity index (χ2n) is 6.42. The van der Waals surface area contributed by atoms with Crippen LogP contribution in [0, 0.1) is 0 Å². The minimum atomic E-state index is -0.00899. The number of methoxy groups -OCH3 is 1. The highest BCUT2D eigenvalue weighted by atomic mass is 32.1. The van der Waals surface area contributed by atoms with Gasteiger partial charge in [-0.3, -0.25) is 4.79 Å². The van der Waals surface area contributed by atoms with E-state index in [1.165, 1.54) is 0 Å². The van der Waals surface area contributed by atoms with Gasteiger partial charge in [-0.2, -0.15) is 0 Å². The molecule has 0 aliphatic carbocycles. The number of hydrogen-bond acceptors (Lipinski definition) is 5. The summed E-state index contributed by atoms with van der Waals surface area (Å²) in [5.41, 5.74) is 1.68. The number of thiazole rings is 1. The van der Waals surface area contributed by atoms with Gasteiger partial charge in [-0.1, -0.05) is 13.8 Å². The molecule has 3 heterocycles. The standard InChI is InChI=1S/C18H23N3O2S/c1-12(2)15-11-24-17(20-15)13-6-5-9-21(10-13)18(22)14-7-4-8-19-16(14)23-3/h4,7-8,11-13H,5-6,9-10H2,1-3H3. The van der Waals surface area contributed by atoms with Gasteiger partial charge in [-0.05, 0) is 30.9 Å². The topological polar surface area (TPSA) is 55.3 Å². The molecule has 1 aliphatic heterocycles. The van der Waals surface area contributed by atoms with E-state index in [1.54, 1.807) is 36.8 Å². The smallest absolute Gasteiger partial charge is 0.259 e. The van der Waals surface area contributed by atoms with Crippen LogP contribution < -0.4 is 4.74 Å². The third-order valence-corrected chi connectivity index (χ3v) is 5.41. The van der Waals surface area contributed by atoms with Crippen molar-refractivity contribution in [3.8, 4) is 5.88 Å². The summed E-state index contributed by atoms with van der Waals surface area (Å²) in [4.78, 5) is 23.7. The molecule has 6 heteroatoms. The predicted molar refractivity (Wildman–Crippen MR) is 94.9 cm³/mol. The Morgan fingerprint density at radius 1 is 1.46 bits per heavy atom. The molecule has 0 spiro atoms. The zero-order valence-corrected chi connectivity index (χ0v) is 15.2. The highest BCUT2D eigenvalue weighted by Crippen LogP contribution is 2.32. The SMILES string of the molecule is COc1ncccc1C(=O)N1CCCC(c2nc(C(C)C)cs2)C1. The van der Waals surface area contributed by atoms with Crippen molar-refractivity contribution < 1.29 is 9.53 Å². The molecule has 1 amide bonds. The molecule has 2 aromatic rings. The van der Waals surface area contributed by atoms with Crippen molar-refractivity contribution >= 4 is 17.2 Å². The Balaban J connectivity index is 1.76. The lowest BCUT2D eigenvalue weighted by Crippen LogP contribution is -2.39. The largest absolute Gasteiger partial charge is 0.480 e. The molecule has 1 saturated heterocycles. The van der Waals surface area contributed by atoms with Gasteiger partial charge in [0.05, 0.1) is 17.8 Å². The monoisotopic (exact) mass is 345 g/mol. The van der Waals surface area contributed by atoms with Crippen LogP contribution in [0.5, 0.6) is 5.88 Å². The van der Waals surface area contributed by atoms with Gasteiger partial charge >= 0.3 is 0 Å². The van der Waals surface area contributed by atoms with Crippen molar-refractivity contribution in [2.24, 2.45) is 0 Å². The lowest BCUT2D eigenvalue weighted by Gasteiger charge is -2.32. The molecule has 0 aromatic carbocycles. The molecule has 24 heavy (non-hydrogen) atoms. The van der Waals surface area contributed by atoms with Gasteiger partial charge in [0.15, 0.2) is 0 Å². The third kappa shape index (κ3) is 3.43. The van der Waals surface area contributed by atoms with Gasteiger partial charge in [0.2, 0.25) is 5.88 Å². The van der Waals surface area contributed by atoms with E-state index in [4.69, 9.17) is 9.72 Å². The summed E-state index contributed by atoms with van der Waals surface area (Å²) in [6, 6.07) is 3.55. The van der Waals surface area contributed by atoms with E-state index in [0.717, 1.165) is 30.1 Å². The lowest BCUT2D eigenvalue weighted by molar-refractivity contribution is 0.0702. The predicted octanol–water partition coefficient (Wildman–Crippen LogP) is 3.69. The number of pyridine rings is 1. The Kier molecular flexibility index (Phi) is 5.14. The summed E-state index contributed by atoms with van der Waals surface area (Å²) in [5.74, 6) is 1.14. The molecule has 0 N–H and O–H groups in total. The van der Waals surface area contributed by atoms with Gasteiger partial charge in [-0.15, -0.1) is 11.3 Å². The van der Waals surface area contributed by atoms with Gasteiger partial charge in [0.1, 0.15) is 5.56 Å². The maximum absolute atomic E-state index is 12.9. The number of piperidine rings is 1. The van der Waals surface area contributed by atoms with Crippen LogP contribution in [0.15, 0.2) is 23.7 Å². The highest BCUT2D eigenvalue weighted by molar-refractivity contribution is 7.09. The van der Waals surface area contributed by atoms with Crippen molar-refractivity contribution in [3.05, 3.63) is 40.0 Å². The van der Waals surface area contributed by atoms with Gasteiger partial charge < -0.3 is 9.64 Å². The zero-order chi connectivity index (χ0) is 17.1. The third-order valence-electron chi connectivity index (χ3n) is 4.38. The van der Waals surface area contributed by atoms with Crippen LogP contribution in [0.3, 0.4) is 0 Å². The average Bonchev–Trinajstić information content (AvgIpc) is 3.11. The second-order valence-corrected chi connectivity index (χ2v) is 7.31. The molecule has 1 aliphatic rings. The lowest BCUT2D eigenvalue weighted by atomic mass is 9.98. The van der Waals surface area contributed by atoms with Crippen molar-refractivity contribution in [1.82, 2.24) is 14.9 Å². The number of rotatable bonds is 4. The van der Waals surface area contributed by atoms with Crippen molar-refractivity contribution in [1.29, 1.82) is 0 Å². The maximum atomic E-state index is 12.9. The van der Waals surface area contributed by atoms with E-state index in [9.17, 15) is 4.79 Å². The minimum Gasteiger partial charge on any atom is -0.480 e. The van der Waals surface area contributed by atoms with Crippen LogP contribution in [0.4, 0.5) is 0 Å². The van der Waals surface area contributed by atoms with Crippen LogP contribution in [0.25, 0.3) is 0 Å². The average molecular weight is 345 g/mol. The first-order valence-corrected chi connectivity index (χ1v) is 9.21. The number of nitrogens with zero attached hydrogens (tertiary/aromatic N) is 3. The Hall–Kier alpha value is -1.95.